The van der Waals surface area contributed by atoms with Gasteiger partial charge in [0.25, 0.3) is 15.7 Å². The van der Waals surface area contributed by atoms with E-state index in [1.165, 1.54) is 56.2 Å². The topological polar surface area (TPSA) is 139 Å². The molecule has 236 valence electrons. The number of carbonyl (C=O) groups is 2. The van der Waals surface area contributed by atoms with E-state index < -0.39 is 49.9 Å². The van der Waals surface area contributed by atoms with Gasteiger partial charge in [0.15, 0.2) is 0 Å². The summed E-state index contributed by atoms with van der Waals surface area (Å²) in [5.41, 5.74) is 0.313. The van der Waals surface area contributed by atoms with Crippen LogP contribution < -0.4 is 14.4 Å². The molecule has 0 saturated heterocycles. The summed E-state index contributed by atoms with van der Waals surface area (Å²) in [5.74, 6) is -1.09. The minimum atomic E-state index is -4.63. The molecule has 0 aliphatic heterocycles. The highest BCUT2D eigenvalue weighted by atomic mass is 35.5. The van der Waals surface area contributed by atoms with Crippen molar-refractivity contribution >= 4 is 56.4 Å². The average molecular weight is 666 g/mol. The number of nitro groups is 1. The first kappa shape index (κ1) is 34.6. The predicted molar refractivity (Wildman–Crippen MR) is 170 cm³/mol. The summed E-state index contributed by atoms with van der Waals surface area (Å²) < 4.78 is 34.5. The number of anilines is 1. The molecule has 2 amide bonds. The Bertz CT molecular complexity index is 1640. The third-order valence-electron chi connectivity index (χ3n) is 6.95. The van der Waals surface area contributed by atoms with E-state index in [9.17, 15) is 28.1 Å². The molecule has 3 aromatic rings. The first-order valence-electron chi connectivity index (χ1n) is 13.7. The van der Waals surface area contributed by atoms with Crippen LogP contribution in [0.2, 0.25) is 10.0 Å². The molecule has 0 bridgehead atoms. The van der Waals surface area contributed by atoms with Crippen LogP contribution in [0.25, 0.3) is 0 Å². The molecule has 1 atom stereocenters. The van der Waals surface area contributed by atoms with E-state index in [4.69, 9.17) is 27.9 Å². The van der Waals surface area contributed by atoms with E-state index in [1.54, 1.807) is 24.3 Å². The van der Waals surface area contributed by atoms with Crippen molar-refractivity contribution in [3.05, 3.63) is 92.0 Å². The Morgan fingerprint density at radius 2 is 1.80 bits per heavy atom. The number of nitrogens with zero attached hydrogens (tertiary/aromatic N) is 3. The summed E-state index contributed by atoms with van der Waals surface area (Å²) in [7, 11) is -3.31. The first-order chi connectivity index (χ1) is 20.8. The second kappa shape index (κ2) is 15.2. The fraction of sp³-hybridized carbons (Fsp3) is 0.333. The maximum atomic E-state index is 14.2. The molecule has 0 heterocycles. The number of sulfonamides is 1. The monoisotopic (exact) mass is 664 g/mol. The lowest BCUT2D eigenvalue weighted by atomic mass is 10.1. The van der Waals surface area contributed by atoms with Gasteiger partial charge in [-0.3, -0.25) is 24.0 Å². The Hall–Kier alpha value is -3.87. The largest absolute Gasteiger partial charge is 0.495 e. The summed E-state index contributed by atoms with van der Waals surface area (Å²) in [6.07, 6.45) is 1.59. The number of ether oxygens (including phenoxy) is 1. The van der Waals surface area contributed by atoms with Gasteiger partial charge in [-0.25, -0.2) is 8.42 Å². The summed E-state index contributed by atoms with van der Waals surface area (Å²) in [4.78, 5) is 39.0. The molecule has 0 aliphatic rings. The van der Waals surface area contributed by atoms with E-state index in [2.05, 4.69) is 5.32 Å². The van der Waals surface area contributed by atoms with Crippen LogP contribution in [-0.2, 0) is 26.2 Å². The lowest BCUT2D eigenvalue weighted by Gasteiger charge is -2.32. The van der Waals surface area contributed by atoms with Crippen LogP contribution in [0.1, 0.15) is 37.8 Å². The molecule has 3 aromatic carbocycles. The van der Waals surface area contributed by atoms with Crippen LogP contribution in [-0.4, -0.2) is 56.3 Å². The number of hydrogen-bond donors (Lipinski definition) is 1. The minimum absolute atomic E-state index is 0.0747. The number of rotatable bonds is 14. The Balaban J connectivity index is 2.14. The number of halogens is 2. The minimum Gasteiger partial charge on any atom is -0.495 e. The highest BCUT2D eigenvalue weighted by Crippen LogP contribution is 2.36. The van der Waals surface area contributed by atoms with Gasteiger partial charge in [0.1, 0.15) is 18.3 Å². The highest BCUT2D eigenvalue weighted by Gasteiger charge is 2.35. The van der Waals surface area contributed by atoms with Crippen molar-refractivity contribution in [2.24, 2.45) is 0 Å². The maximum Gasteiger partial charge on any atom is 0.273 e. The normalized spacial score (nSPS) is 11.9. The number of aryl methyl sites for hydroxylation is 1. The van der Waals surface area contributed by atoms with E-state index >= 15 is 0 Å². The molecule has 0 fully saturated rings. The molecule has 0 unspecified atom stereocenters. The zero-order valence-electron chi connectivity index (χ0n) is 24.7. The number of amides is 2. The predicted octanol–water partition coefficient (Wildman–Crippen LogP) is 5.75. The quantitative estimate of drug-likeness (QED) is 0.132. The Morgan fingerprint density at radius 3 is 2.43 bits per heavy atom. The van der Waals surface area contributed by atoms with E-state index in [-0.39, 0.29) is 28.6 Å². The van der Waals surface area contributed by atoms with Crippen molar-refractivity contribution in [3.8, 4) is 5.75 Å². The molecule has 0 aromatic heterocycles. The average Bonchev–Trinajstić information content (AvgIpc) is 2.98. The maximum absolute atomic E-state index is 14.2. The smallest absolute Gasteiger partial charge is 0.273 e. The van der Waals surface area contributed by atoms with Crippen LogP contribution in [0.4, 0.5) is 11.4 Å². The van der Waals surface area contributed by atoms with E-state index in [0.717, 1.165) is 23.2 Å². The number of carbonyl (C=O) groups excluding carboxylic acids is 2. The zero-order valence-corrected chi connectivity index (χ0v) is 27.1. The summed E-state index contributed by atoms with van der Waals surface area (Å²) in [6, 6.07) is 13.5. The third kappa shape index (κ3) is 8.19. The van der Waals surface area contributed by atoms with Crippen molar-refractivity contribution in [1.82, 2.24) is 10.2 Å². The molecular formula is C30H34Cl2N4O7S. The molecule has 0 spiro atoms. The number of nitrogens with one attached hydrogen (secondary N) is 1. The number of methoxy groups -OCH3 is 1. The molecule has 14 heteroatoms. The van der Waals surface area contributed by atoms with Gasteiger partial charge in [-0.2, -0.15) is 0 Å². The lowest BCUT2D eigenvalue weighted by Crippen LogP contribution is -2.51. The molecule has 1 N–H and O–H groups in total. The fourth-order valence-corrected chi connectivity index (χ4v) is 6.17. The second-order valence-corrected chi connectivity index (χ2v) is 12.7. The number of nitro benzene ring substituents is 1. The highest BCUT2D eigenvalue weighted by molar-refractivity contribution is 7.92. The Labute approximate surface area is 266 Å². The van der Waals surface area contributed by atoms with E-state index in [1.807, 2.05) is 6.92 Å². The summed E-state index contributed by atoms with van der Waals surface area (Å²) in [6.45, 7) is 4.51. The third-order valence-corrected chi connectivity index (χ3v) is 9.31. The van der Waals surface area contributed by atoms with Crippen molar-refractivity contribution in [3.63, 3.8) is 0 Å². The van der Waals surface area contributed by atoms with Crippen molar-refractivity contribution in [1.29, 1.82) is 0 Å². The van der Waals surface area contributed by atoms with Gasteiger partial charge in [-0.15, -0.1) is 0 Å². The summed E-state index contributed by atoms with van der Waals surface area (Å²) in [5, 5.41) is 15.0. The van der Waals surface area contributed by atoms with E-state index in [0.29, 0.717) is 17.1 Å². The fourth-order valence-electron chi connectivity index (χ4n) is 4.37. The lowest BCUT2D eigenvalue weighted by molar-refractivity contribution is -0.385. The zero-order chi connectivity index (χ0) is 32.6. The SMILES string of the molecule is CCCCNC(=O)[C@H](C)N(Cc1ccccc1Cl)C(=O)CN(c1cc(Cl)ccc1OC)S(=O)(=O)c1ccc(C)c([N+](=O)[O-])c1. The molecule has 11 nitrogen and oxygen atoms in total. The number of hydrogen-bond acceptors (Lipinski definition) is 7. The van der Waals surface area contributed by atoms with Crippen molar-refractivity contribution in [2.45, 2.75) is 51.1 Å². The van der Waals surface area contributed by atoms with Gasteiger partial charge in [0.2, 0.25) is 11.8 Å². The first-order valence-corrected chi connectivity index (χ1v) is 15.9. The van der Waals surface area contributed by atoms with Crippen LogP contribution in [0.15, 0.2) is 65.6 Å². The van der Waals surface area contributed by atoms with Gasteiger partial charge in [0, 0.05) is 34.8 Å². The number of unbranched alkanes of at least 4 members (excludes halogenated alkanes) is 1. The van der Waals surface area contributed by atoms with Gasteiger partial charge in [-0.05, 0) is 56.2 Å². The van der Waals surface area contributed by atoms with Gasteiger partial charge in [0.05, 0.1) is 22.6 Å². The van der Waals surface area contributed by atoms with Crippen LogP contribution in [0.3, 0.4) is 0 Å². The Morgan fingerprint density at radius 1 is 1.09 bits per heavy atom. The molecular weight excluding hydrogens is 631 g/mol. The van der Waals surface area contributed by atoms with Crippen molar-refractivity contribution in [2.75, 3.05) is 24.5 Å². The van der Waals surface area contributed by atoms with Gasteiger partial charge in [-0.1, -0.05) is 60.8 Å². The Kier molecular flexibility index (Phi) is 12.0. The van der Waals surface area contributed by atoms with Crippen molar-refractivity contribution < 1.29 is 27.7 Å². The summed E-state index contributed by atoms with van der Waals surface area (Å²) >= 11 is 12.6. The van der Waals surface area contributed by atoms with Gasteiger partial charge >= 0.3 is 0 Å². The number of benzene rings is 3. The van der Waals surface area contributed by atoms with Crippen LogP contribution in [0, 0.1) is 17.0 Å². The molecule has 0 radical (unpaired) electrons. The second-order valence-electron chi connectivity index (χ2n) is 9.97. The van der Waals surface area contributed by atoms with Crippen LogP contribution >= 0.6 is 23.2 Å². The molecule has 3 rings (SSSR count). The standard InChI is InChI=1S/C30H34Cl2N4O7S/c1-5-6-15-33-30(38)21(3)34(18-22-9-7-8-10-25(22)32)29(37)19-35(27-16-23(31)12-14-28(27)43-4)44(41,42)24-13-11-20(2)26(17-24)36(39)40/h7-14,16-17,21H,5-6,15,18-19H2,1-4H3,(H,33,38)/t21-/m0/s1. The molecule has 44 heavy (non-hydrogen) atoms. The van der Waals surface area contributed by atoms with Crippen LogP contribution in [0.5, 0.6) is 5.75 Å². The molecule has 0 aliphatic carbocycles. The molecule has 0 saturated carbocycles. The van der Waals surface area contributed by atoms with Gasteiger partial charge < -0.3 is 15.0 Å².